The summed E-state index contributed by atoms with van der Waals surface area (Å²) in [5.74, 6) is 0. The SMILES string of the molecule is CCCCCCC(CCCC)OCOOCO. The van der Waals surface area contributed by atoms with Crippen LogP contribution in [0.2, 0.25) is 0 Å². The summed E-state index contributed by atoms with van der Waals surface area (Å²) in [4.78, 5) is 9.01. The lowest BCUT2D eigenvalue weighted by Crippen LogP contribution is -2.15. The third kappa shape index (κ3) is 12.1. The average Bonchev–Trinajstić information content (AvgIpc) is 2.35. The van der Waals surface area contributed by atoms with Crippen molar-refractivity contribution in [3.63, 3.8) is 0 Å². The molecule has 1 atom stereocenters. The topological polar surface area (TPSA) is 47.9 Å². The number of hydrogen-bond acceptors (Lipinski definition) is 4. The zero-order valence-corrected chi connectivity index (χ0v) is 11.3. The van der Waals surface area contributed by atoms with Gasteiger partial charge in [0.15, 0.2) is 13.6 Å². The molecular formula is C13H28O4. The van der Waals surface area contributed by atoms with Crippen LogP contribution in [0.3, 0.4) is 0 Å². The maximum Gasteiger partial charge on any atom is 0.181 e. The molecule has 0 amide bonds. The van der Waals surface area contributed by atoms with Crippen molar-refractivity contribution in [1.29, 1.82) is 0 Å². The van der Waals surface area contributed by atoms with E-state index in [1.54, 1.807) is 0 Å². The summed E-state index contributed by atoms with van der Waals surface area (Å²) in [6, 6.07) is 0. The number of aliphatic hydroxyl groups is 1. The van der Waals surface area contributed by atoms with Gasteiger partial charge >= 0.3 is 0 Å². The Balaban J connectivity index is 3.56. The van der Waals surface area contributed by atoms with Gasteiger partial charge in [-0.15, -0.1) is 0 Å². The summed E-state index contributed by atoms with van der Waals surface area (Å²) >= 11 is 0. The second-order valence-corrected chi connectivity index (χ2v) is 4.26. The van der Waals surface area contributed by atoms with Crippen LogP contribution in [0.5, 0.6) is 0 Å². The molecule has 4 nitrogen and oxygen atoms in total. The Labute approximate surface area is 105 Å². The van der Waals surface area contributed by atoms with Crippen LogP contribution in [0.15, 0.2) is 0 Å². The van der Waals surface area contributed by atoms with Gasteiger partial charge in [0.1, 0.15) is 0 Å². The molecule has 0 aromatic rings. The molecule has 0 aliphatic carbocycles. The van der Waals surface area contributed by atoms with Gasteiger partial charge in [-0.05, 0) is 12.8 Å². The van der Waals surface area contributed by atoms with Crippen LogP contribution in [0.4, 0.5) is 0 Å². The van der Waals surface area contributed by atoms with E-state index in [2.05, 4.69) is 23.6 Å². The lowest BCUT2D eigenvalue weighted by atomic mass is 10.0. The van der Waals surface area contributed by atoms with Crippen LogP contribution < -0.4 is 0 Å². The normalized spacial score (nSPS) is 12.9. The van der Waals surface area contributed by atoms with Crippen LogP contribution in [-0.4, -0.2) is 24.8 Å². The minimum Gasteiger partial charge on any atom is -0.368 e. The Morgan fingerprint density at radius 2 is 1.59 bits per heavy atom. The summed E-state index contributed by atoms with van der Waals surface area (Å²) in [6.07, 6.45) is 9.82. The second-order valence-electron chi connectivity index (χ2n) is 4.26. The summed E-state index contributed by atoms with van der Waals surface area (Å²) in [6.45, 7) is 4.06. The first-order chi connectivity index (χ1) is 8.35. The van der Waals surface area contributed by atoms with Crippen molar-refractivity contribution in [1.82, 2.24) is 0 Å². The minimum absolute atomic E-state index is 0.0999. The molecule has 1 N–H and O–H groups in total. The van der Waals surface area contributed by atoms with Gasteiger partial charge in [-0.2, -0.15) is 0 Å². The minimum atomic E-state index is -0.431. The molecule has 1 unspecified atom stereocenters. The largest absolute Gasteiger partial charge is 0.368 e. The van der Waals surface area contributed by atoms with Crippen molar-refractivity contribution in [3.8, 4) is 0 Å². The lowest BCUT2D eigenvalue weighted by Gasteiger charge is -2.17. The smallest absolute Gasteiger partial charge is 0.181 e. The molecule has 0 saturated heterocycles. The Morgan fingerprint density at radius 1 is 0.882 bits per heavy atom. The number of unbranched alkanes of at least 4 members (excludes halogenated alkanes) is 4. The van der Waals surface area contributed by atoms with Crippen LogP contribution >= 0.6 is 0 Å². The first-order valence-corrected chi connectivity index (χ1v) is 6.82. The van der Waals surface area contributed by atoms with E-state index in [1.165, 1.54) is 38.5 Å². The van der Waals surface area contributed by atoms with E-state index in [0.29, 0.717) is 0 Å². The molecule has 0 radical (unpaired) electrons. The zero-order valence-electron chi connectivity index (χ0n) is 11.3. The molecule has 0 rings (SSSR count). The Bertz CT molecular complexity index is 129. The van der Waals surface area contributed by atoms with Gasteiger partial charge < -0.3 is 9.84 Å². The Kier molecular flexibility index (Phi) is 13.8. The lowest BCUT2D eigenvalue weighted by molar-refractivity contribution is -0.367. The zero-order chi connectivity index (χ0) is 12.8. The van der Waals surface area contributed by atoms with Gasteiger partial charge in [0, 0.05) is 0 Å². The molecule has 104 valence electrons. The molecule has 0 spiro atoms. The predicted molar refractivity (Wildman–Crippen MR) is 67.3 cm³/mol. The summed E-state index contributed by atoms with van der Waals surface area (Å²) in [7, 11) is 0. The molecule has 0 aliphatic rings. The van der Waals surface area contributed by atoms with Gasteiger partial charge in [-0.1, -0.05) is 52.4 Å². The first kappa shape index (κ1) is 16.8. The second kappa shape index (κ2) is 13.9. The molecule has 0 aromatic heterocycles. The van der Waals surface area contributed by atoms with E-state index in [-0.39, 0.29) is 12.9 Å². The Morgan fingerprint density at radius 3 is 2.24 bits per heavy atom. The fourth-order valence-electron chi connectivity index (χ4n) is 1.74. The highest BCUT2D eigenvalue weighted by molar-refractivity contribution is 4.58. The van der Waals surface area contributed by atoms with Gasteiger partial charge in [0.05, 0.1) is 6.10 Å². The number of rotatable bonds is 13. The number of ether oxygens (including phenoxy) is 1. The highest BCUT2D eigenvalue weighted by Gasteiger charge is 2.08. The third-order valence-corrected chi connectivity index (χ3v) is 2.75. The molecule has 0 saturated carbocycles. The van der Waals surface area contributed by atoms with E-state index >= 15 is 0 Å². The standard InChI is InChI=1S/C13H28O4/c1-3-5-7-8-10-13(9-6-4-2)15-12-17-16-11-14/h13-14H,3-12H2,1-2H3. The number of hydrogen-bond donors (Lipinski definition) is 1. The van der Waals surface area contributed by atoms with Crippen molar-refractivity contribution < 1.29 is 19.6 Å². The number of aliphatic hydroxyl groups excluding tert-OH is 1. The maximum absolute atomic E-state index is 8.37. The van der Waals surface area contributed by atoms with E-state index < -0.39 is 6.79 Å². The van der Waals surface area contributed by atoms with Crippen molar-refractivity contribution >= 4 is 0 Å². The predicted octanol–water partition coefficient (Wildman–Crippen LogP) is 3.39. The molecule has 4 heteroatoms. The quantitative estimate of drug-likeness (QED) is 0.235. The van der Waals surface area contributed by atoms with Crippen molar-refractivity contribution in [3.05, 3.63) is 0 Å². The fraction of sp³-hybridized carbons (Fsp3) is 1.00. The monoisotopic (exact) mass is 248 g/mol. The van der Waals surface area contributed by atoms with Crippen molar-refractivity contribution in [2.24, 2.45) is 0 Å². The third-order valence-electron chi connectivity index (χ3n) is 2.75. The molecule has 0 aliphatic heterocycles. The van der Waals surface area contributed by atoms with E-state index in [9.17, 15) is 0 Å². The molecule has 0 heterocycles. The highest BCUT2D eigenvalue weighted by Crippen LogP contribution is 2.14. The Hall–Kier alpha value is -0.160. The molecule has 0 fully saturated rings. The average molecular weight is 248 g/mol. The summed E-state index contributed by atoms with van der Waals surface area (Å²) < 4.78 is 5.57. The summed E-state index contributed by atoms with van der Waals surface area (Å²) in [5.41, 5.74) is 0. The van der Waals surface area contributed by atoms with Crippen molar-refractivity contribution in [2.45, 2.75) is 71.3 Å². The van der Waals surface area contributed by atoms with E-state index in [1.807, 2.05) is 0 Å². The van der Waals surface area contributed by atoms with Gasteiger partial charge in [-0.25, -0.2) is 9.78 Å². The van der Waals surface area contributed by atoms with Gasteiger partial charge in [0.25, 0.3) is 0 Å². The first-order valence-electron chi connectivity index (χ1n) is 6.82. The molecular weight excluding hydrogens is 220 g/mol. The molecule has 0 aromatic carbocycles. The molecule has 17 heavy (non-hydrogen) atoms. The maximum atomic E-state index is 8.37. The fourth-order valence-corrected chi connectivity index (χ4v) is 1.74. The summed E-state index contributed by atoms with van der Waals surface area (Å²) in [5, 5.41) is 8.37. The van der Waals surface area contributed by atoms with E-state index in [0.717, 1.165) is 12.8 Å². The highest BCUT2D eigenvalue weighted by atomic mass is 17.2. The van der Waals surface area contributed by atoms with Crippen LogP contribution in [0, 0.1) is 0 Å². The van der Waals surface area contributed by atoms with Gasteiger partial charge in [0.2, 0.25) is 0 Å². The van der Waals surface area contributed by atoms with Crippen LogP contribution in [0.25, 0.3) is 0 Å². The van der Waals surface area contributed by atoms with E-state index in [4.69, 9.17) is 9.84 Å². The van der Waals surface area contributed by atoms with Gasteiger partial charge in [-0.3, -0.25) is 0 Å². The van der Waals surface area contributed by atoms with Crippen LogP contribution in [0.1, 0.15) is 65.2 Å². The van der Waals surface area contributed by atoms with Crippen LogP contribution in [-0.2, 0) is 14.5 Å². The van der Waals surface area contributed by atoms with Crippen molar-refractivity contribution in [2.75, 3.05) is 13.6 Å². The molecule has 0 bridgehead atoms.